The Morgan fingerprint density at radius 1 is 1.33 bits per heavy atom. The Kier molecular flexibility index (Phi) is 10.8. The molecule has 152 valence electrons. The number of allylic oxidation sites excluding steroid dienone is 2. The molecule has 0 aromatic rings. The quantitative estimate of drug-likeness (QED) is 0.233. The van der Waals surface area contributed by atoms with Crippen molar-refractivity contribution in [3.05, 3.63) is 24.3 Å². The van der Waals surface area contributed by atoms with Crippen LogP contribution < -0.4 is 0 Å². The second kappa shape index (κ2) is 12.6. The lowest BCUT2D eigenvalue weighted by atomic mass is 9.88. The molecule has 0 aliphatic heterocycles. The van der Waals surface area contributed by atoms with E-state index >= 15 is 0 Å². The molecule has 0 amide bonds. The molecule has 1 rings (SSSR count). The molecule has 6 heteroatoms. The summed E-state index contributed by atoms with van der Waals surface area (Å²) in [7, 11) is 1.31. The van der Waals surface area contributed by atoms with Crippen molar-refractivity contribution in [2.75, 3.05) is 7.11 Å². The van der Waals surface area contributed by atoms with Crippen LogP contribution in [0.4, 0.5) is 0 Å². The molecule has 0 saturated heterocycles. The minimum Gasteiger partial charge on any atom is -0.469 e. The Hall–Kier alpha value is -1.79. The zero-order valence-electron chi connectivity index (χ0n) is 16.3. The minimum absolute atomic E-state index is 0.0194. The molecule has 0 spiro atoms. The largest absolute Gasteiger partial charge is 0.469 e. The van der Waals surface area contributed by atoms with Crippen molar-refractivity contribution in [2.24, 2.45) is 11.8 Å². The molecule has 0 aromatic carbocycles. The number of hydrogen-bond acceptors (Lipinski definition) is 6. The molecule has 1 aliphatic carbocycles. The van der Waals surface area contributed by atoms with Crippen molar-refractivity contribution >= 4 is 17.5 Å². The van der Waals surface area contributed by atoms with E-state index in [1.54, 1.807) is 18.2 Å². The summed E-state index contributed by atoms with van der Waals surface area (Å²) in [6.45, 7) is 2.09. The molecule has 27 heavy (non-hydrogen) atoms. The Morgan fingerprint density at radius 2 is 2.07 bits per heavy atom. The summed E-state index contributed by atoms with van der Waals surface area (Å²) in [5, 5.41) is 20.1. The van der Waals surface area contributed by atoms with Crippen molar-refractivity contribution in [1.82, 2.24) is 0 Å². The van der Waals surface area contributed by atoms with Crippen LogP contribution in [0.3, 0.4) is 0 Å². The Bertz CT molecular complexity index is 551. The third-order valence-corrected chi connectivity index (χ3v) is 4.86. The third kappa shape index (κ3) is 8.63. The first-order valence-electron chi connectivity index (χ1n) is 9.72. The lowest BCUT2D eigenvalue weighted by Gasteiger charge is -2.17. The number of esters is 1. The van der Waals surface area contributed by atoms with Crippen LogP contribution in [0.5, 0.6) is 0 Å². The number of rotatable bonds is 12. The van der Waals surface area contributed by atoms with Gasteiger partial charge >= 0.3 is 5.97 Å². The monoisotopic (exact) mass is 380 g/mol. The molecule has 2 unspecified atom stereocenters. The van der Waals surface area contributed by atoms with Gasteiger partial charge in [0.25, 0.3) is 0 Å². The molecular weight excluding hydrogens is 348 g/mol. The summed E-state index contributed by atoms with van der Waals surface area (Å²) < 4.78 is 4.52. The van der Waals surface area contributed by atoms with Crippen LogP contribution in [-0.2, 0) is 19.1 Å². The van der Waals surface area contributed by atoms with Crippen LogP contribution in [0.25, 0.3) is 0 Å². The van der Waals surface area contributed by atoms with Gasteiger partial charge in [-0.1, -0.05) is 44.4 Å². The molecule has 1 saturated carbocycles. The van der Waals surface area contributed by atoms with Gasteiger partial charge in [0.05, 0.1) is 19.3 Å². The standard InChI is InChI=1S/C21H32O6/c1-3-4-5-8-15(22)11-12-17-18(20(25)14-19(17)24)13-16(23)9-6-7-10-21(26)27-2/h6,9,11-12,15,17-19,22,24H,3-5,7-8,10,13-14H2,1-2H3/t15?,17-,18-,19?/m1/s1. The van der Waals surface area contributed by atoms with E-state index < -0.39 is 24.0 Å². The van der Waals surface area contributed by atoms with Gasteiger partial charge in [-0.05, 0) is 18.9 Å². The highest BCUT2D eigenvalue weighted by atomic mass is 16.5. The van der Waals surface area contributed by atoms with Crippen molar-refractivity contribution in [2.45, 2.75) is 70.5 Å². The van der Waals surface area contributed by atoms with Gasteiger partial charge in [0.15, 0.2) is 5.78 Å². The van der Waals surface area contributed by atoms with E-state index in [1.807, 2.05) is 0 Å². The molecule has 2 N–H and O–H groups in total. The van der Waals surface area contributed by atoms with Gasteiger partial charge in [0.2, 0.25) is 0 Å². The zero-order valence-corrected chi connectivity index (χ0v) is 16.3. The fourth-order valence-corrected chi connectivity index (χ4v) is 3.25. The molecule has 0 bridgehead atoms. The predicted molar refractivity (Wildman–Crippen MR) is 102 cm³/mol. The van der Waals surface area contributed by atoms with E-state index in [4.69, 9.17) is 0 Å². The van der Waals surface area contributed by atoms with Gasteiger partial charge in [-0.15, -0.1) is 0 Å². The van der Waals surface area contributed by atoms with Crippen LogP contribution in [-0.4, -0.2) is 47.1 Å². The number of aliphatic hydroxyl groups is 2. The topological polar surface area (TPSA) is 101 Å². The molecule has 0 radical (unpaired) electrons. The highest BCUT2D eigenvalue weighted by Gasteiger charge is 2.40. The molecular formula is C21H32O6. The molecule has 4 atom stereocenters. The van der Waals surface area contributed by atoms with Gasteiger partial charge in [-0.25, -0.2) is 0 Å². The molecule has 1 aliphatic rings. The van der Waals surface area contributed by atoms with Gasteiger partial charge in [0, 0.05) is 31.1 Å². The minimum atomic E-state index is -0.822. The van der Waals surface area contributed by atoms with Gasteiger partial charge in [-0.2, -0.15) is 0 Å². The lowest BCUT2D eigenvalue weighted by Crippen LogP contribution is -2.21. The van der Waals surface area contributed by atoms with Crippen molar-refractivity contribution in [3.8, 4) is 0 Å². The van der Waals surface area contributed by atoms with E-state index in [1.165, 1.54) is 13.2 Å². The third-order valence-electron chi connectivity index (χ3n) is 4.86. The first kappa shape index (κ1) is 23.2. The SMILES string of the molecule is CCCCCC(O)C=C[C@H]1C(O)CC(=O)[C@@H]1CC(=O)C=CCCC(=O)OC. The fraction of sp³-hybridized carbons (Fsp3) is 0.667. The second-order valence-corrected chi connectivity index (χ2v) is 7.06. The summed E-state index contributed by atoms with van der Waals surface area (Å²) >= 11 is 0. The van der Waals surface area contributed by atoms with Crippen molar-refractivity contribution in [3.63, 3.8) is 0 Å². The number of carbonyl (C=O) groups is 3. The number of Topliss-reactive ketones (excluding diaryl/α,β-unsaturated/α-hetero) is 1. The molecule has 6 nitrogen and oxygen atoms in total. The number of hydrogen-bond donors (Lipinski definition) is 2. The maximum absolute atomic E-state index is 12.2. The Labute approximate surface area is 161 Å². The summed E-state index contributed by atoms with van der Waals surface area (Å²) in [5.41, 5.74) is 0. The van der Waals surface area contributed by atoms with Crippen molar-refractivity contribution in [1.29, 1.82) is 0 Å². The van der Waals surface area contributed by atoms with E-state index in [-0.39, 0.29) is 36.8 Å². The molecule has 0 aromatic heterocycles. The highest BCUT2D eigenvalue weighted by molar-refractivity contribution is 5.95. The van der Waals surface area contributed by atoms with Gasteiger partial charge in [-0.3, -0.25) is 14.4 Å². The lowest BCUT2D eigenvalue weighted by molar-refractivity contribution is -0.140. The Balaban J connectivity index is 2.57. The van der Waals surface area contributed by atoms with Gasteiger partial charge in [0.1, 0.15) is 5.78 Å². The number of ketones is 2. The normalized spacial score (nSPS) is 24.0. The number of aliphatic hydroxyl groups excluding tert-OH is 2. The predicted octanol–water partition coefficient (Wildman–Crippen LogP) is 2.52. The van der Waals surface area contributed by atoms with Crippen molar-refractivity contribution < 1.29 is 29.3 Å². The maximum Gasteiger partial charge on any atom is 0.305 e. The number of ether oxygens (including phenoxy) is 1. The van der Waals surface area contributed by atoms with Crippen LogP contribution >= 0.6 is 0 Å². The van der Waals surface area contributed by atoms with Crippen LogP contribution in [0.1, 0.15) is 58.3 Å². The van der Waals surface area contributed by atoms with Gasteiger partial charge < -0.3 is 14.9 Å². The number of unbranched alkanes of at least 4 members (excludes halogenated alkanes) is 2. The van der Waals surface area contributed by atoms with Crippen LogP contribution in [0.2, 0.25) is 0 Å². The van der Waals surface area contributed by atoms with Crippen LogP contribution in [0.15, 0.2) is 24.3 Å². The summed E-state index contributed by atoms with van der Waals surface area (Å²) in [4.78, 5) is 35.3. The molecule has 0 heterocycles. The van der Waals surface area contributed by atoms with E-state index in [0.29, 0.717) is 12.8 Å². The van der Waals surface area contributed by atoms with E-state index in [9.17, 15) is 24.6 Å². The highest BCUT2D eigenvalue weighted by Crippen LogP contribution is 2.33. The first-order chi connectivity index (χ1) is 12.9. The number of methoxy groups -OCH3 is 1. The average molecular weight is 380 g/mol. The van der Waals surface area contributed by atoms with E-state index in [0.717, 1.165) is 19.3 Å². The molecule has 1 fully saturated rings. The fourth-order valence-electron chi connectivity index (χ4n) is 3.25. The number of carbonyl (C=O) groups excluding carboxylic acids is 3. The summed E-state index contributed by atoms with van der Waals surface area (Å²) in [6.07, 6.45) is 9.20. The summed E-state index contributed by atoms with van der Waals surface area (Å²) in [6, 6.07) is 0. The first-order valence-corrected chi connectivity index (χ1v) is 9.72. The average Bonchev–Trinajstić information content (AvgIpc) is 2.89. The maximum atomic E-state index is 12.2. The smallest absolute Gasteiger partial charge is 0.305 e. The summed E-state index contributed by atoms with van der Waals surface area (Å²) in [5.74, 6) is -1.71. The van der Waals surface area contributed by atoms with E-state index in [2.05, 4.69) is 11.7 Å². The Morgan fingerprint density at radius 3 is 2.74 bits per heavy atom. The zero-order chi connectivity index (χ0) is 20.2. The van der Waals surface area contributed by atoms with Crippen LogP contribution in [0, 0.1) is 11.8 Å². The second-order valence-electron chi connectivity index (χ2n) is 7.06.